The van der Waals surface area contributed by atoms with E-state index in [0.717, 1.165) is 21.0 Å². The molecule has 0 unspecified atom stereocenters. The van der Waals surface area contributed by atoms with Crippen molar-refractivity contribution in [2.24, 2.45) is 5.11 Å². The molecule has 2 rings (SSSR count). The van der Waals surface area contributed by atoms with Crippen LogP contribution < -0.4 is 9.47 Å². The molecule has 0 amide bonds. The first-order valence-electron chi connectivity index (χ1n) is 11.1. The molecule has 0 spiro atoms. The Morgan fingerprint density at radius 3 is 2.43 bits per heavy atom. The van der Waals surface area contributed by atoms with Gasteiger partial charge in [0.05, 0.1) is 26.9 Å². The highest BCUT2D eigenvalue weighted by molar-refractivity contribution is 5.77. The first kappa shape index (κ1) is 29.6. The van der Waals surface area contributed by atoms with Crippen LogP contribution in [0.3, 0.4) is 0 Å². The number of ether oxygens (including phenoxy) is 7. The number of esters is 3. The van der Waals surface area contributed by atoms with E-state index in [1.807, 2.05) is 0 Å². The Morgan fingerprint density at radius 2 is 1.81 bits per heavy atom. The van der Waals surface area contributed by atoms with E-state index in [0.29, 0.717) is 5.75 Å². The molecule has 1 aromatic rings. The highest BCUT2D eigenvalue weighted by atomic mass is 16.7. The van der Waals surface area contributed by atoms with E-state index in [2.05, 4.69) is 10.0 Å². The van der Waals surface area contributed by atoms with Crippen molar-refractivity contribution in [3.63, 3.8) is 0 Å². The number of aliphatic hydroxyl groups is 2. The lowest BCUT2D eigenvalue weighted by Gasteiger charge is -2.41. The van der Waals surface area contributed by atoms with Crippen LogP contribution in [0.5, 0.6) is 11.5 Å². The number of rotatable bonds is 13. The lowest BCUT2D eigenvalue weighted by atomic mass is 9.98. The minimum atomic E-state index is -1.71. The minimum Gasteiger partial charge on any atom is -0.491 e. The van der Waals surface area contributed by atoms with Gasteiger partial charge in [-0.15, -0.1) is 0 Å². The second kappa shape index (κ2) is 14.8. The van der Waals surface area contributed by atoms with Gasteiger partial charge in [0.1, 0.15) is 18.1 Å². The SMILES string of the molecule is COC(=O)[C@H]1O[C@@H](Oc2cc(OCCOCCN=[N+]=[N-])ccc2CO)[C@H](O)[C@@H](OC(C)=O)[C@@H]1OC(C)=O. The van der Waals surface area contributed by atoms with Gasteiger partial charge in [0.15, 0.2) is 24.4 Å². The number of carbonyl (C=O) groups is 3. The molecule has 5 atom stereocenters. The third kappa shape index (κ3) is 8.77. The third-order valence-electron chi connectivity index (χ3n) is 4.90. The van der Waals surface area contributed by atoms with Gasteiger partial charge in [-0.1, -0.05) is 5.11 Å². The summed E-state index contributed by atoms with van der Waals surface area (Å²) >= 11 is 0. The van der Waals surface area contributed by atoms with Gasteiger partial charge in [-0.3, -0.25) is 9.59 Å². The molecule has 15 nitrogen and oxygen atoms in total. The molecule has 37 heavy (non-hydrogen) atoms. The molecule has 204 valence electrons. The molecule has 1 aliphatic rings. The minimum absolute atomic E-state index is 0.0319. The molecule has 1 fully saturated rings. The summed E-state index contributed by atoms with van der Waals surface area (Å²) in [6.45, 7) is 2.43. The van der Waals surface area contributed by atoms with Crippen LogP contribution in [0, 0.1) is 0 Å². The molecule has 0 radical (unpaired) electrons. The summed E-state index contributed by atoms with van der Waals surface area (Å²) in [4.78, 5) is 38.3. The van der Waals surface area contributed by atoms with Crippen LogP contribution in [0.4, 0.5) is 0 Å². The van der Waals surface area contributed by atoms with Gasteiger partial charge in [0.25, 0.3) is 0 Å². The summed E-state index contributed by atoms with van der Waals surface area (Å²) in [5.74, 6) is -2.26. The Morgan fingerprint density at radius 1 is 1.11 bits per heavy atom. The Bertz CT molecular complexity index is 984. The first-order valence-corrected chi connectivity index (χ1v) is 11.1. The van der Waals surface area contributed by atoms with Crippen molar-refractivity contribution in [3.05, 3.63) is 34.2 Å². The summed E-state index contributed by atoms with van der Waals surface area (Å²) < 4.78 is 37.1. The number of hydrogen-bond acceptors (Lipinski definition) is 13. The molecular weight excluding hydrogens is 498 g/mol. The average Bonchev–Trinajstić information content (AvgIpc) is 2.86. The number of benzene rings is 1. The van der Waals surface area contributed by atoms with Crippen LogP contribution in [0.2, 0.25) is 0 Å². The number of aliphatic hydroxyl groups excluding tert-OH is 2. The fourth-order valence-corrected chi connectivity index (χ4v) is 3.34. The molecule has 0 aromatic heterocycles. The topological polar surface area (TPSA) is 205 Å². The van der Waals surface area contributed by atoms with E-state index in [4.69, 9.17) is 38.7 Å². The van der Waals surface area contributed by atoms with Crippen molar-refractivity contribution in [2.75, 3.05) is 33.5 Å². The summed E-state index contributed by atoms with van der Waals surface area (Å²) in [6.07, 6.45) is -7.98. The zero-order valence-corrected chi connectivity index (χ0v) is 20.5. The maximum absolute atomic E-state index is 12.4. The summed E-state index contributed by atoms with van der Waals surface area (Å²) in [5.41, 5.74) is 8.52. The van der Waals surface area contributed by atoms with Gasteiger partial charge in [0, 0.05) is 36.9 Å². The molecule has 1 heterocycles. The predicted molar refractivity (Wildman–Crippen MR) is 121 cm³/mol. The van der Waals surface area contributed by atoms with Crippen molar-refractivity contribution >= 4 is 17.9 Å². The molecule has 1 aromatic carbocycles. The van der Waals surface area contributed by atoms with E-state index in [9.17, 15) is 24.6 Å². The van der Waals surface area contributed by atoms with Crippen molar-refractivity contribution < 1.29 is 57.8 Å². The van der Waals surface area contributed by atoms with E-state index in [1.54, 1.807) is 6.07 Å². The molecule has 1 aliphatic heterocycles. The molecule has 1 saturated heterocycles. The number of nitrogens with zero attached hydrogens (tertiary/aromatic N) is 3. The van der Waals surface area contributed by atoms with E-state index in [-0.39, 0.29) is 37.7 Å². The van der Waals surface area contributed by atoms with Gasteiger partial charge < -0.3 is 43.4 Å². The Balaban J connectivity index is 2.22. The van der Waals surface area contributed by atoms with Gasteiger partial charge in [0.2, 0.25) is 6.29 Å². The van der Waals surface area contributed by atoms with Crippen molar-refractivity contribution in [1.82, 2.24) is 0 Å². The van der Waals surface area contributed by atoms with Gasteiger partial charge >= 0.3 is 17.9 Å². The average molecular weight is 527 g/mol. The van der Waals surface area contributed by atoms with Crippen molar-refractivity contribution in [1.29, 1.82) is 0 Å². The number of azide groups is 1. The Kier molecular flexibility index (Phi) is 11.9. The summed E-state index contributed by atoms with van der Waals surface area (Å²) in [6, 6.07) is 4.48. The van der Waals surface area contributed by atoms with Crippen molar-refractivity contribution in [2.45, 2.75) is 51.2 Å². The fourth-order valence-electron chi connectivity index (χ4n) is 3.34. The lowest BCUT2D eigenvalue weighted by molar-refractivity contribution is -0.279. The predicted octanol–water partition coefficient (Wildman–Crippen LogP) is 0.386. The molecule has 15 heteroatoms. The summed E-state index contributed by atoms with van der Waals surface area (Å²) in [5, 5.41) is 24.0. The molecule has 0 saturated carbocycles. The zero-order valence-electron chi connectivity index (χ0n) is 20.5. The maximum atomic E-state index is 12.4. The number of hydrogen-bond donors (Lipinski definition) is 2. The van der Waals surface area contributed by atoms with E-state index in [1.165, 1.54) is 12.1 Å². The van der Waals surface area contributed by atoms with Crippen LogP contribution in [-0.4, -0.2) is 92.3 Å². The molecule has 0 bridgehead atoms. The number of methoxy groups -OCH3 is 1. The van der Waals surface area contributed by atoms with Crippen LogP contribution in [0.1, 0.15) is 19.4 Å². The number of carbonyl (C=O) groups excluding carboxylic acids is 3. The smallest absolute Gasteiger partial charge is 0.339 e. The normalized spacial score (nSPS) is 22.8. The summed E-state index contributed by atoms with van der Waals surface area (Å²) in [7, 11) is 1.07. The van der Waals surface area contributed by atoms with Crippen molar-refractivity contribution in [3.8, 4) is 11.5 Å². The van der Waals surface area contributed by atoms with Crippen LogP contribution in [0.25, 0.3) is 10.4 Å². The first-order chi connectivity index (χ1) is 17.7. The van der Waals surface area contributed by atoms with Crippen LogP contribution in [0.15, 0.2) is 23.3 Å². The largest absolute Gasteiger partial charge is 0.491 e. The monoisotopic (exact) mass is 527 g/mol. The van der Waals surface area contributed by atoms with Gasteiger partial charge in [-0.25, -0.2) is 4.79 Å². The lowest BCUT2D eigenvalue weighted by Crippen LogP contribution is -2.63. The van der Waals surface area contributed by atoms with Crippen LogP contribution in [-0.2, 0) is 44.7 Å². The second-order valence-electron chi connectivity index (χ2n) is 7.55. The highest BCUT2D eigenvalue weighted by Crippen LogP contribution is 2.32. The quantitative estimate of drug-likeness (QED) is 0.0892. The Hall–Kier alpha value is -3.62. The molecular formula is C22H29N3O12. The van der Waals surface area contributed by atoms with Gasteiger partial charge in [-0.2, -0.15) is 0 Å². The fraction of sp³-hybridized carbons (Fsp3) is 0.591. The van der Waals surface area contributed by atoms with Gasteiger partial charge in [-0.05, 0) is 17.7 Å². The van der Waals surface area contributed by atoms with E-state index >= 15 is 0 Å². The van der Waals surface area contributed by atoms with E-state index < -0.39 is 55.2 Å². The highest BCUT2D eigenvalue weighted by Gasteiger charge is 2.53. The third-order valence-corrected chi connectivity index (χ3v) is 4.90. The van der Waals surface area contributed by atoms with Crippen LogP contribution >= 0.6 is 0 Å². The standard InChI is InChI=1S/C22H29N3O12/c1-12(27)34-18-17(29)22(37-20(21(30)31-3)19(18)35-13(2)28)36-16-10-15(5-4-14(16)11-26)33-9-8-32-7-6-24-25-23/h4-5,10,17-20,22,26,29H,6-9,11H2,1-3H3/t17-,18-,19+,20+,22-/m1/s1. The maximum Gasteiger partial charge on any atom is 0.339 e. The Labute approximate surface area is 211 Å². The second-order valence-corrected chi connectivity index (χ2v) is 7.55. The molecule has 2 N–H and O–H groups in total. The zero-order chi connectivity index (χ0) is 27.4. The molecule has 0 aliphatic carbocycles.